The van der Waals surface area contributed by atoms with Crippen LogP contribution in [0.2, 0.25) is 0 Å². The molecule has 0 spiro atoms. The van der Waals surface area contributed by atoms with Crippen LogP contribution < -0.4 is 4.74 Å². The molecule has 4 heteroatoms. The maximum atomic E-state index is 5.59. The first-order valence-corrected chi connectivity index (χ1v) is 6.64. The van der Waals surface area contributed by atoms with Gasteiger partial charge >= 0.3 is 0 Å². The minimum atomic E-state index is 0.401. The molecule has 0 N–H and O–H groups in total. The van der Waals surface area contributed by atoms with Crippen LogP contribution in [0.4, 0.5) is 0 Å². The van der Waals surface area contributed by atoms with E-state index < -0.39 is 0 Å². The molecule has 0 saturated heterocycles. The molecule has 0 aliphatic carbocycles. The van der Waals surface area contributed by atoms with Crippen LogP contribution in [-0.4, -0.2) is 27.9 Å². The lowest BCUT2D eigenvalue weighted by atomic mass is 10.4. The summed E-state index contributed by atoms with van der Waals surface area (Å²) in [5.74, 6) is 3.24. The Morgan fingerprint density at radius 1 is 1.53 bits per heavy atom. The van der Waals surface area contributed by atoms with Crippen molar-refractivity contribution < 1.29 is 4.74 Å². The van der Waals surface area contributed by atoms with Gasteiger partial charge in [-0.15, -0.1) is 0 Å². The Balaban J connectivity index is 2.20. The molecule has 0 aromatic carbocycles. The van der Waals surface area contributed by atoms with Gasteiger partial charge in [-0.05, 0) is 31.8 Å². The highest BCUT2D eigenvalue weighted by atomic mass is 32.2. The van der Waals surface area contributed by atoms with E-state index in [0.29, 0.717) is 6.04 Å². The highest BCUT2D eigenvalue weighted by Crippen LogP contribution is 2.12. The number of hydrogen-bond acceptors (Lipinski definition) is 3. The third-order valence-corrected chi connectivity index (χ3v) is 3.00. The molecule has 0 fully saturated rings. The maximum absolute atomic E-state index is 5.59. The second kappa shape index (κ2) is 6.77. The average molecular weight is 228 g/mol. The zero-order valence-corrected chi connectivity index (χ0v) is 10.6. The highest BCUT2D eigenvalue weighted by Gasteiger charge is 2.01. The predicted octanol–water partition coefficient (Wildman–Crippen LogP) is 2.99. The Labute approximate surface area is 96.2 Å². The molecule has 0 bridgehead atoms. The van der Waals surface area contributed by atoms with Gasteiger partial charge in [0.2, 0.25) is 0 Å². The molecular weight excluding hydrogens is 208 g/mol. The van der Waals surface area contributed by atoms with Crippen molar-refractivity contribution in [3.63, 3.8) is 0 Å². The maximum Gasteiger partial charge on any atom is 0.157 e. The summed E-state index contributed by atoms with van der Waals surface area (Å²) in [7, 11) is 0. The first-order valence-electron chi connectivity index (χ1n) is 5.48. The Hall–Kier alpha value is -0.640. The molecule has 0 saturated carbocycles. The SMILES string of the molecule is CCSCCCOc1cnn(C(C)C)c1. The van der Waals surface area contributed by atoms with Crippen LogP contribution in [0.1, 0.15) is 33.2 Å². The largest absolute Gasteiger partial charge is 0.490 e. The Kier molecular flexibility index (Phi) is 5.61. The number of aromatic nitrogens is 2. The van der Waals surface area contributed by atoms with E-state index in [-0.39, 0.29) is 0 Å². The molecule has 0 radical (unpaired) electrons. The van der Waals surface area contributed by atoms with E-state index in [1.165, 1.54) is 11.5 Å². The summed E-state index contributed by atoms with van der Waals surface area (Å²) in [4.78, 5) is 0. The van der Waals surface area contributed by atoms with E-state index in [2.05, 4.69) is 25.9 Å². The molecule has 15 heavy (non-hydrogen) atoms. The molecule has 0 amide bonds. The van der Waals surface area contributed by atoms with Gasteiger partial charge in [-0.1, -0.05) is 6.92 Å². The lowest BCUT2D eigenvalue weighted by Crippen LogP contribution is -2.00. The van der Waals surface area contributed by atoms with Crippen molar-refractivity contribution in [2.45, 2.75) is 33.2 Å². The first kappa shape index (κ1) is 12.4. The van der Waals surface area contributed by atoms with Crippen molar-refractivity contribution in [1.29, 1.82) is 0 Å². The molecule has 0 atom stereocenters. The molecule has 1 aromatic heterocycles. The quantitative estimate of drug-likeness (QED) is 0.671. The van der Waals surface area contributed by atoms with E-state index >= 15 is 0 Å². The van der Waals surface area contributed by atoms with Gasteiger partial charge in [0.05, 0.1) is 19.0 Å². The zero-order valence-electron chi connectivity index (χ0n) is 9.77. The number of thioether (sulfide) groups is 1. The molecule has 0 aliphatic rings. The van der Waals surface area contributed by atoms with Crippen LogP contribution in [0.25, 0.3) is 0 Å². The molecule has 3 nitrogen and oxygen atoms in total. The lowest BCUT2D eigenvalue weighted by molar-refractivity contribution is 0.318. The topological polar surface area (TPSA) is 27.1 Å². The first-order chi connectivity index (χ1) is 7.24. The summed E-state index contributed by atoms with van der Waals surface area (Å²) in [5.41, 5.74) is 0. The minimum absolute atomic E-state index is 0.401. The Bertz CT molecular complexity index is 273. The molecular formula is C11H20N2OS. The van der Waals surface area contributed by atoms with Gasteiger partial charge in [-0.25, -0.2) is 0 Å². The third-order valence-electron chi connectivity index (χ3n) is 2.01. The highest BCUT2D eigenvalue weighted by molar-refractivity contribution is 7.99. The summed E-state index contributed by atoms with van der Waals surface area (Å²) < 4.78 is 7.50. The van der Waals surface area contributed by atoms with E-state index in [0.717, 1.165) is 18.8 Å². The van der Waals surface area contributed by atoms with Gasteiger partial charge in [-0.2, -0.15) is 16.9 Å². The molecule has 0 aliphatic heterocycles. The van der Waals surface area contributed by atoms with Gasteiger partial charge in [0.15, 0.2) is 5.75 Å². The van der Waals surface area contributed by atoms with Crippen LogP contribution >= 0.6 is 11.8 Å². The molecule has 1 heterocycles. The Morgan fingerprint density at radius 2 is 2.33 bits per heavy atom. The fraction of sp³-hybridized carbons (Fsp3) is 0.727. The summed E-state index contributed by atoms with van der Waals surface area (Å²) >= 11 is 1.95. The summed E-state index contributed by atoms with van der Waals surface area (Å²) in [5, 5.41) is 4.22. The second-order valence-corrected chi connectivity index (χ2v) is 5.04. The summed E-state index contributed by atoms with van der Waals surface area (Å²) in [6, 6.07) is 0.401. The molecule has 0 unspecified atom stereocenters. The summed E-state index contributed by atoms with van der Waals surface area (Å²) in [6.07, 6.45) is 4.84. The fourth-order valence-corrected chi connectivity index (χ4v) is 1.78. The van der Waals surface area contributed by atoms with Crippen LogP contribution in [-0.2, 0) is 0 Å². The van der Waals surface area contributed by atoms with Crippen molar-refractivity contribution in [2.24, 2.45) is 0 Å². The van der Waals surface area contributed by atoms with Crippen LogP contribution in [0.5, 0.6) is 5.75 Å². The number of nitrogens with zero attached hydrogens (tertiary/aromatic N) is 2. The van der Waals surface area contributed by atoms with E-state index in [9.17, 15) is 0 Å². The van der Waals surface area contributed by atoms with Gasteiger partial charge in [-0.3, -0.25) is 4.68 Å². The smallest absolute Gasteiger partial charge is 0.157 e. The number of ether oxygens (including phenoxy) is 1. The van der Waals surface area contributed by atoms with E-state index in [1.54, 1.807) is 6.20 Å². The van der Waals surface area contributed by atoms with Crippen LogP contribution in [0.3, 0.4) is 0 Å². The van der Waals surface area contributed by atoms with E-state index in [1.807, 2.05) is 22.6 Å². The predicted molar refractivity (Wildman–Crippen MR) is 65.7 cm³/mol. The van der Waals surface area contributed by atoms with Gasteiger partial charge in [0.1, 0.15) is 0 Å². The number of rotatable bonds is 7. The van der Waals surface area contributed by atoms with Crippen molar-refractivity contribution in [2.75, 3.05) is 18.1 Å². The molecule has 86 valence electrons. The van der Waals surface area contributed by atoms with Gasteiger partial charge in [0, 0.05) is 6.04 Å². The monoisotopic (exact) mass is 228 g/mol. The zero-order chi connectivity index (χ0) is 11.1. The number of hydrogen-bond donors (Lipinski definition) is 0. The average Bonchev–Trinajstić information content (AvgIpc) is 2.66. The normalized spacial score (nSPS) is 10.9. The van der Waals surface area contributed by atoms with Crippen molar-refractivity contribution >= 4 is 11.8 Å². The lowest BCUT2D eigenvalue weighted by Gasteiger charge is -2.04. The molecule has 1 rings (SSSR count). The third kappa shape index (κ3) is 4.60. The van der Waals surface area contributed by atoms with Crippen molar-refractivity contribution in [1.82, 2.24) is 9.78 Å². The summed E-state index contributed by atoms with van der Waals surface area (Å²) in [6.45, 7) is 7.18. The van der Waals surface area contributed by atoms with Gasteiger partial charge < -0.3 is 4.74 Å². The van der Waals surface area contributed by atoms with Crippen LogP contribution in [0.15, 0.2) is 12.4 Å². The Morgan fingerprint density at radius 3 is 2.93 bits per heavy atom. The fourth-order valence-electron chi connectivity index (χ4n) is 1.17. The molecule has 1 aromatic rings. The van der Waals surface area contributed by atoms with Gasteiger partial charge in [0.25, 0.3) is 0 Å². The minimum Gasteiger partial charge on any atom is -0.490 e. The van der Waals surface area contributed by atoms with Crippen LogP contribution in [0, 0.1) is 0 Å². The van der Waals surface area contributed by atoms with Crippen molar-refractivity contribution in [3.05, 3.63) is 12.4 Å². The standard InChI is InChI=1S/C11H20N2OS/c1-4-15-7-5-6-14-11-8-12-13(9-11)10(2)3/h8-10H,4-7H2,1-3H3. The van der Waals surface area contributed by atoms with Crippen molar-refractivity contribution in [3.8, 4) is 5.75 Å². The second-order valence-electron chi connectivity index (χ2n) is 3.65. The van der Waals surface area contributed by atoms with E-state index in [4.69, 9.17) is 4.74 Å².